The highest BCUT2D eigenvalue weighted by Gasteiger charge is 2.33. The minimum atomic E-state index is -0.908. The van der Waals surface area contributed by atoms with Crippen LogP contribution >= 0.6 is 0 Å². The van der Waals surface area contributed by atoms with Gasteiger partial charge < -0.3 is 29.5 Å². The summed E-state index contributed by atoms with van der Waals surface area (Å²) in [5, 5.41) is 12.1. The van der Waals surface area contributed by atoms with Crippen LogP contribution in [-0.2, 0) is 30.4 Å². The molecule has 2 N–H and O–H groups in total. The van der Waals surface area contributed by atoms with Gasteiger partial charge in [0, 0.05) is 37.7 Å². The zero-order valence-corrected chi connectivity index (χ0v) is 20.5. The van der Waals surface area contributed by atoms with Crippen LogP contribution in [0.3, 0.4) is 0 Å². The van der Waals surface area contributed by atoms with Crippen molar-refractivity contribution in [1.29, 1.82) is 0 Å². The Balaban J connectivity index is 1.80. The van der Waals surface area contributed by atoms with Crippen LogP contribution in [0.15, 0.2) is 61.2 Å². The molecule has 1 aliphatic rings. The van der Waals surface area contributed by atoms with Gasteiger partial charge in [-0.05, 0) is 37.2 Å². The molecular formula is C27H34N2O6. The lowest BCUT2D eigenvalue weighted by molar-refractivity contribution is -0.252. The predicted molar refractivity (Wildman–Crippen MR) is 132 cm³/mol. The molecule has 2 aromatic rings. The summed E-state index contributed by atoms with van der Waals surface area (Å²) >= 11 is 0. The topological polar surface area (TPSA) is 97.3 Å². The Kier molecular flexibility index (Phi) is 9.56. The van der Waals surface area contributed by atoms with Crippen molar-refractivity contribution in [3.63, 3.8) is 0 Å². The molecule has 4 atom stereocenters. The Morgan fingerprint density at radius 2 is 1.97 bits per heavy atom. The van der Waals surface area contributed by atoms with Gasteiger partial charge in [-0.15, -0.1) is 6.58 Å². The first-order valence-electron chi connectivity index (χ1n) is 11.7. The number of hydrogen-bond donors (Lipinski definition) is 2. The van der Waals surface area contributed by atoms with E-state index in [-0.39, 0.29) is 18.8 Å². The smallest absolute Gasteiger partial charge is 0.303 e. The van der Waals surface area contributed by atoms with Crippen molar-refractivity contribution in [3.8, 4) is 0 Å². The first-order valence-corrected chi connectivity index (χ1v) is 11.7. The monoisotopic (exact) mass is 482 g/mol. The third kappa shape index (κ3) is 7.73. The number of hydrogen-bond acceptors (Lipinski definition) is 7. The summed E-state index contributed by atoms with van der Waals surface area (Å²) in [6.45, 7) is 8.02. The summed E-state index contributed by atoms with van der Waals surface area (Å²) < 4.78 is 17.6. The second-order valence-corrected chi connectivity index (χ2v) is 8.73. The number of carbonyl (C=O) groups is 2. The number of aliphatic hydroxyl groups excluding tert-OH is 1. The molecule has 0 radical (unpaired) electrons. The summed E-state index contributed by atoms with van der Waals surface area (Å²) in [5.41, 5.74) is 3.15. The molecule has 3 rings (SSSR count). The van der Waals surface area contributed by atoms with Gasteiger partial charge in [-0.3, -0.25) is 9.59 Å². The maximum atomic E-state index is 12.4. The number of aliphatic hydroxyl groups is 1. The zero-order valence-electron chi connectivity index (χ0n) is 20.5. The maximum absolute atomic E-state index is 12.4. The molecule has 35 heavy (non-hydrogen) atoms. The third-order valence-electron chi connectivity index (χ3n) is 5.71. The second-order valence-electron chi connectivity index (χ2n) is 8.73. The average Bonchev–Trinajstić information content (AvgIpc) is 2.83. The lowest BCUT2D eigenvalue weighted by Crippen LogP contribution is -2.37. The molecular weight excluding hydrogens is 448 g/mol. The summed E-state index contributed by atoms with van der Waals surface area (Å²) in [7, 11) is 2.01. The van der Waals surface area contributed by atoms with E-state index in [1.807, 2.05) is 49.5 Å². The van der Waals surface area contributed by atoms with Crippen molar-refractivity contribution in [2.75, 3.05) is 25.5 Å². The molecule has 8 nitrogen and oxygen atoms in total. The van der Waals surface area contributed by atoms with Crippen LogP contribution in [0.5, 0.6) is 0 Å². The van der Waals surface area contributed by atoms with Crippen molar-refractivity contribution < 1.29 is 28.9 Å². The third-order valence-corrected chi connectivity index (χ3v) is 5.71. The quantitative estimate of drug-likeness (QED) is 0.393. The number of benzene rings is 2. The molecule has 2 aromatic carbocycles. The molecule has 0 bridgehead atoms. The van der Waals surface area contributed by atoms with Gasteiger partial charge in [-0.25, -0.2) is 0 Å². The van der Waals surface area contributed by atoms with Gasteiger partial charge in [0.15, 0.2) is 12.4 Å². The number of anilines is 1. The van der Waals surface area contributed by atoms with Crippen molar-refractivity contribution in [1.82, 2.24) is 4.90 Å². The molecule has 8 heteroatoms. The minimum Gasteiger partial charge on any atom is -0.453 e. The number of nitrogens with one attached hydrogen (secondary N) is 1. The van der Waals surface area contributed by atoms with Crippen LogP contribution in [0.25, 0.3) is 0 Å². The first-order chi connectivity index (χ1) is 16.8. The van der Waals surface area contributed by atoms with Crippen LogP contribution in [0.4, 0.5) is 5.69 Å². The van der Waals surface area contributed by atoms with Crippen LogP contribution in [0, 0.1) is 0 Å². The molecule has 1 fully saturated rings. The van der Waals surface area contributed by atoms with Crippen LogP contribution < -0.4 is 5.32 Å². The summed E-state index contributed by atoms with van der Waals surface area (Å²) in [4.78, 5) is 25.7. The van der Waals surface area contributed by atoms with Gasteiger partial charge in [-0.1, -0.05) is 42.5 Å². The van der Waals surface area contributed by atoms with E-state index in [2.05, 4.69) is 16.8 Å². The largest absolute Gasteiger partial charge is 0.453 e. The molecule has 188 valence electrons. The Morgan fingerprint density at radius 1 is 1.23 bits per heavy atom. The van der Waals surface area contributed by atoms with Gasteiger partial charge in [0.25, 0.3) is 5.91 Å². The van der Waals surface area contributed by atoms with E-state index in [9.17, 15) is 14.7 Å². The molecule has 0 spiro atoms. The average molecular weight is 483 g/mol. The molecule has 1 heterocycles. The number of nitrogens with zero attached hydrogens (tertiary/aromatic N) is 1. The normalized spacial score (nSPS) is 20.8. The minimum absolute atomic E-state index is 0.0128. The molecule has 0 saturated carbocycles. The van der Waals surface area contributed by atoms with Gasteiger partial charge in [0.1, 0.15) is 0 Å². The maximum Gasteiger partial charge on any atom is 0.303 e. The van der Waals surface area contributed by atoms with E-state index in [0.29, 0.717) is 18.7 Å². The predicted octanol–water partition coefficient (Wildman–Crippen LogP) is 3.73. The number of rotatable bonds is 10. The van der Waals surface area contributed by atoms with Crippen LogP contribution in [0.2, 0.25) is 0 Å². The van der Waals surface area contributed by atoms with Gasteiger partial charge >= 0.3 is 5.97 Å². The van der Waals surface area contributed by atoms with E-state index in [4.69, 9.17) is 14.2 Å². The van der Waals surface area contributed by atoms with E-state index >= 15 is 0 Å². The van der Waals surface area contributed by atoms with Gasteiger partial charge in [-0.2, -0.15) is 0 Å². The van der Waals surface area contributed by atoms with E-state index in [0.717, 1.165) is 23.2 Å². The van der Waals surface area contributed by atoms with Crippen LogP contribution in [-0.4, -0.2) is 54.2 Å². The highest BCUT2D eigenvalue weighted by atomic mass is 16.7. The fourth-order valence-corrected chi connectivity index (χ4v) is 3.98. The number of amides is 1. The fraction of sp³-hybridized carbons (Fsp3) is 0.407. The SMILES string of the molecule is C=CCN(C)CC1CC(c2ccc(CO)cc2)OC(c2cccc(NC(=O)C(C)OC(C)=O)c2)O1. The molecule has 4 unspecified atom stereocenters. The van der Waals surface area contributed by atoms with Crippen molar-refractivity contribution in [3.05, 3.63) is 77.9 Å². The molecule has 0 aromatic heterocycles. The Labute approximate surface area is 206 Å². The van der Waals surface area contributed by atoms with Crippen molar-refractivity contribution in [2.24, 2.45) is 0 Å². The molecule has 1 amide bonds. The number of carbonyl (C=O) groups excluding carboxylic acids is 2. The van der Waals surface area contributed by atoms with Gasteiger partial charge in [0.05, 0.1) is 18.8 Å². The summed E-state index contributed by atoms with van der Waals surface area (Å²) in [5.74, 6) is -0.940. The number of esters is 1. The Hall–Kier alpha value is -3.04. The van der Waals surface area contributed by atoms with Crippen molar-refractivity contribution in [2.45, 2.75) is 51.5 Å². The zero-order chi connectivity index (χ0) is 25.4. The van der Waals surface area contributed by atoms with Gasteiger partial charge in [0.2, 0.25) is 0 Å². The van der Waals surface area contributed by atoms with E-state index in [1.165, 1.54) is 13.8 Å². The van der Waals surface area contributed by atoms with Crippen molar-refractivity contribution >= 4 is 17.6 Å². The molecule has 0 aliphatic carbocycles. The first kappa shape index (κ1) is 26.6. The van der Waals surface area contributed by atoms with Crippen LogP contribution in [0.1, 0.15) is 49.4 Å². The Bertz CT molecular complexity index is 1010. The number of ether oxygens (including phenoxy) is 3. The Morgan fingerprint density at radius 3 is 2.63 bits per heavy atom. The lowest BCUT2D eigenvalue weighted by Gasteiger charge is -2.37. The number of likely N-dealkylation sites (N-methyl/N-ethyl adjacent to an activating group) is 1. The second kappa shape index (κ2) is 12.6. The summed E-state index contributed by atoms with van der Waals surface area (Å²) in [6, 6.07) is 15.0. The highest BCUT2D eigenvalue weighted by Crippen LogP contribution is 2.38. The standard InChI is InChI=1S/C27H34N2O6/c1-5-13-29(4)16-24-15-25(21-11-9-20(17-30)10-12-21)35-27(34-24)22-7-6-8-23(14-22)28-26(32)18(2)33-19(3)31/h5-12,14,18,24-25,27,30H,1,13,15-17H2,2-4H3,(H,28,32). The van der Waals surface area contributed by atoms with E-state index < -0.39 is 24.3 Å². The highest BCUT2D eigenvalue weighted by molar-refractivity contribution is 5.95. The van der Waals surface area contributed by atoms with E-state index in [1.54, 1.807) is 12.1 Å². The lowest BCUT2D eigenvalue weighted by atomic mass is 9.99. The molecule has 1 saturated heterocycles. The summed E-state index contributed by atoms with van der Waals surface area (Å²) in [6.07, 6.45) is 0.678. The molecule has 1 aliphatic heterocycles. The fourth-order valence-electron chi connectivity index (χ4n) is 3.98.